The summed E-state index contributed by atoms with van der Waals surface area (Å²) in [6.07, 6.45) is 0. The second kappa shape index (κ2) is 8.85. The SMILES string of the molecule is CCN(CC)c1cc(C)nc(N(CC)c2c(Br)cc(Br)cc2OC)n1. The summed E-state index contributed by atoms with van der Waals surface area (Å²) in [6.45, 7) is 10.9. The molecule has 1 aromatic carbocycles. The van der Waals surface area contributed by atoms with Crippen LogP contribution < -0.4 is 14.5 Å². The van der Waals surface area contributed by atoms with Crippen molar-refractivity contribution in [2.75, 3.05) is 36.5 Å². The van der Waals surface area contributed by atoms with Crippen molar-refractivity contribution in [2.24, 2.45) is 0 Å². The normalized spacial score (nSPS) is 10.7. The van der Waals surface area contributed by atoms with E-state index in [-0.39, 0.29) is 0 Å². The largest absolute Gasteiger partial charge is 0.494 e. The molecule has 7 heteroatoms. The number of hydrogen-bond acceptors (Lipinski definition) is 5. The van der Waals surface area contributed by atoms with E-state index < -0.39 is 0 Å². The van der Waals surface area contributed by atoms with Crippen molar-refractivity contribution in [3.8, 4) is 5.75 Å². The van der Waals surface area contributed by atoms with Crippen LogP contribution >= 0.6 is 31.9 Å². The van der Waals surface area contributed by atoms with Gasteiger partial charge in [0.15, 0.2) is 0 Å². The predicted octanol–water partition coefficient (Wildman–Crippen LogP) is 5.32. The molecule has 136 valence electrons. The summed E-state index contributed by atoms with van der Waals surface area (Å²) in [4.78, 5) is 13.8. The van der Waals surface area contributed by atoms with Gasteiger partial charge in [-0.3, -0.25) is 0 Å². The highest BCUT2D eigenvalue weighted by atomic mass is 79.9. The van der Waals surface area contributed by atoms with E-state index in [4.69, 9.17) is 9.72 Å². The lowest BCUT2D eigenvalue weighted by molar-refractivity contribution is 0.414. The zero-order valence-corrected chi connectivity index (χ0v) is 18.5. The Morgan fingerprint density at radius 2 is 1.68 bits per heavy atom. The van der Waals surface area contributed by atoms with Crippen molar-refractivity contribution in [3.05, 3.63) is 32.8 Å². The van der Waals surface area contributed by atoms with E-state index in [2.05, 4.69) is 67.4 Å². The van der Waals surface area contributed by atoms with Crippen molar-refractivity contribution in [3.63, 3.8) is 0 Å². The van der Waals surface area contributed by atoms with Crippen LogP contribution in [0, 0.1) is 6.92 Å². The maximum absolute atomic E-state index is 5.59. The Balaban J connectivity index is 2.59. The second-order valence-electron chi connectivity index (χ2n) is 5.52. The number of methoxy groups -OCH3 is 1. The Morgan fingerprint density at radius 1 is 1.00 bits per heavy atom. The van der Waals surface area contributed by atoms with E-state index in [1.165, 1.54) is 0 Å². The average Bonchev–Trinajstić information content (AvgIpc) is 2.57. The summed E-state index contributed by atoms with van der Waals surface area (Å²) in [5, 5.41) is 0. The Hall–Kier alpha value is -1.34. The van der Waals surface area contributed by atoms with Crippen LogP contribution in [0.25, 0.3) is 0 Å². The third-order valence-electron chi connectivity index (χ3n) is 3.96. The minimum Gasteiger partial charge on any atom is -0.494 e. The van der Waals surface area contributed by atoms with Gasteiger partial charge in [0, 0.05) is 40.3 Å². The quantitative estimate of drug-likeness (QED) is 0.546. The molecule has 0 atom stereocenters. The lowest BCUT2D eigenvalue weighted by Crippen LogP contribution is -2.26. The lowest BCUT2D eigenvalue weighted by atomic mass is 10.2. The molecule has 0 saturated carbocycles. The van der Waals surface area contributed by atoms with Gasteiger partial charge in [-0.05, 0) is 55.8 Å². The van der Waals surface area contributed by atoms with Crippen molar-refractivity contribution < 1.29 is 4.74 Å². The number of anilines is 3. The fourth-order valence-corrected chi connectivity index (χ4v) is 4.13. The number of aromatic nitrogens is 2. The molecule has 25 heavy (non-hydrogen) atoms. The van der Waals surface area contributed by atoms with Gasteiger partial charge in [-0.15, -0.1) is 0 Å². The first-order valence-corrected chi connectivity index (χ1v) is 9.94. The molecule has 1 aromatic heterocycles. The maximum Gasteiger partial charge on any atom is 0.232 e. The molecule has 2 aromatic rings. The first kappa shape index (κ1) is 20.0. The summed E-state index contributed by atoms with van der Waals surface area (Å²) >= 11 is 7.16. The molecule has 0 amide bonds. The van der Waals surface area contributed by atoms with E-state index in [1.807, 2.05) is 25.1 Å². The third-order valence-corrected chi connectivity index (χ3v) is 5.02. The van der Waals surface area contributed by atoms with Crippen LogP contribution in [-0.2, 0) is 0 Å². The fraction of sp³-hybridized carbons (Fsp3) is 0.444. The fourth-order valence-electron chi connectivity index (χ4n) is 2.73. The number of rotatable bonds is 7. The highest BCUT2D eigenvalue weighted by molar-refractivity contribution is 9.11. The molecular formula is C18H24Br2N4O. The van der Waals surface area contributed by atoms with Gasteiger partial charge in [0.2, 0.25) is 5.95 Å². The molecular weight excluding hydrogens is 448 g/mol. The van der Waals surface area contributed by atoms with Crippen LogP contribution in [0.2, 0.25) is 0 Å². The highest BCUT2D eigenvalue weighted by Crippen LogP contribution is 2.41. The van der Waals surface area contributed by atoms with Gasteiger partial charge >= 0.3 is 0 Å². The van der Waals surface area contributed by atoms with Crippen LogP contribution in [0.4, 0.5) is 17.5 Å². The van der Waals surface area contributed by atoms with Crippen molar-refractivity contribution in [1.29, 1.82) is 0 Å². The number of ether oxygens (including phenoxy) is 1. The van der Waals surface area contributed by atoms with Gasteiger partial charge in [-0.25, -0.2) is 4.98 Å². The Bertz CT molecular complexity index is 735. The molecule has 1 heterocycles. The zero-order chi connectivity index (χ0) is 18.6. The van der Waals surface area contributed by atoms with Crippen molar-refractivity contribution in [2.45, 2.75) is 27.7 Å². The summed E-state index contributed by atoms with van der Waals surface area (Å²) in [5.41, 5.74) is 1.86. The Labute approximate surface area is 166 Å². The number of halogens is 2. The average molecular weight is 472 g/mol. The van der Waals surface area contributed by atoms with Gasteiger partial charge in [0.25, 0.3) is 0 Å². The first-order chi connectivity index (χ1) is 11.9. The van der Waals surface area contributed by atoms with E-state index in [0.717, 1.165) is 51.5 Å². The van der Waals surface area contributed by atoms with Gasteiger partial charge < -0.3 is 14.5 Å². The summed E-state index contributed by atoms with van der Waals surface area (Å²) in [6, 6.07) is 5.98. The molecule has 0 fully saturated rings. The molecule has 0 N–H and O–H groups in total. The number of aryl methyl sites for hydroxylation is 1. The van der Waals surface area contributed by atoms with E-state index in [1.54, 1.807) is 7.11 Å². The molecule has 0 radical (unpaired) electrons. The molecule has 0 bridgehead atoms. The van der Waals surface area contributed by atoms with Crippen LogP contribution in [-0.4, -0.2) is 36.7 Å². The predicted molar refractivity (Wildman–Crippen MR) is 111 cm³/mol. The van der Waals surface area contributed by atoms with Gasteiger partial charge in [-0.2, -0.15) is 4.98 Å². The summed E-state index contributed by atoms with van der Waals surface area (Å²) in [7, 11) is 1.67. The number of nitrogens with zero attached hydrogens (tertiary/aromatic N) is 4. The van der Waals surface area contributed by atoms with Crippen LogP contribution in [0.1, 0.15) is 26.5 Å². The molecule has 0 unspecified atom stereocenters. The standard InChI is InChI=1S/C18H24Br2N4O/c1-6-23(7-2)16-9-12(4)21-18(22-16)24(8-3)17-14(20)10-13(19)11-15(17)25-5/h9-11H,6-8H2,1-5H3. The molecule has 5 nitrogen and oxygen atoms in total. The summed E-state index contributed by atoms with van der Waals surface area (Å²) < 4.78 is 7.47. The molecule has 0 aliphatic carbocycles. The topological polar surface area (TPSA) is 41.5 Å². The molecule has 0 aliphatic heterocycles. The van der Waals surface area contributed by atoms with Crippen molar-refractivity contribution in [1.82, 2.24) is 9.97 Å². The molecule has 0 spiro atoms. The zero-order valence-electron chi connectivity index (χ0n) is 15.3. The third kappa shape index (κ3) is 4.44. The molecule has 0 aliphatic rings. The van der Waals surface area contributed by atoms with E-state index in [0.29, 0.717) is 5.95 Å². The molecule has 2 rings (SSSR count). The van der Waals surface area contributed by atoms with Gasteiger partial charge in [0.05, 0.1) is 7.11 Å². The van der Waals surface area contributed by atoms with Crippen molar-refractivity contribution >= 4 is 49.3 Å². The van der Waals surface area contributed by atoms with Crippen LogP contribution in [0.5, 0.6) is 5.75 Å². The Morgan fingerprint density at radius 3 is 2.24 bits per heavy atom. The van der Waals surface area contributed by atoms with Crippen LogP contribution in [0.15, 0.2) is 27.1 Å². The smallest absolute Gasteiger partial charge is 0.232 e. The minimum absolute atomic E-state index is 0.672. The van der Waals surface area contributed by atoms with E-state index >= 15 is 0 Å². The molecule has 0 saturated heterocycles. The van der Waals surface area contributed by atoms with E-state index in [9.17, 15) is 0 Å². The summed E-state index contributed by atoms with van der Waals surface area (Å²) in [5.74, 6) is 2.38. The van der Waals surface area contributed by atoms with Gasteiger partial charge in [0.1, 0.15) is 17.3 Å². The first-order valence-electron chi connectivity index (χ1n) is 8.36. The minimum atomic E-state index is 0.672. The number of benzene rings is 1. The number of hydrogen-bond donors (Lipinski definition) is 0. The van der Waals surface area contributed by atoms with Crippen LogP contribution in [0.3, 0.4) is 0 Å². The monoisotopic (exact) mass is 470 g/mol. The maximum atomic E-state index is 5.59. The van der Waals surface area contributed by atoms with Gasteiger partial charge in [-0.1, -0.05) is 15.9 Å². The Kier molecular flexibility index (Phi) is 7.07. The highest BCUT2D eigenvalue weighted by Gasteiger charge is 2.21. The second-order valence-corrected chi connectivity index (χ2v) is 7.29. The lowest BCUT2D eigenvalue weighted by Gasteiger charge is -2.27.